The number of amides is 1. The first-order valence-electron chi connectivity index (χ1n) is 13.1. The Morgan fingerprint density at radius 1 is 1.08 bits per heavy atom. The van der Waals surface area contributed by atoms with Crippen LogP contribution in [-0.2, 0) is 15.1 Å². The molecular weight excluding hydrogens is 478 g/mol. The number of halogens is 1. The number of methoxy groups -OCH3 is 1. The average molecular weight is 516 g/mol. The number of hydrogen-bond acceptors (Lipinski definition) is 5. The van der Waals surface area contributed by atoms with Gasteiger partial charge in [0, 0.05) is 44.2 Å². The number of para-hydroxylation sites is 2. The van der Waals surface area contributed by atoms with Crippen molar-refractivity contribution in [3.8, 4) is 11.5 Å². The van der Waals surface area contributed by atoms with Gasteiger partial charge in [-0.15, -0.1) is 0 Å². The van der Waals surface area contributed by atoms with Crippen molar-refractivity contribution in [2.45, 2.75) is 63.1 Å². The first-order chi connectivity index (χ1) is 17.4. The van der Waals surface area contributed by atoms with E-state index in [2.05, 4.69) is 0 Å². The topological polar surface area (TPSA) is 79.2 Å². The van der Waals surface area contributed by atoms with E-state index in [-0.39, 0.29) is 23.8 Å². The van der Waals surface area contributed by atoms with Crippen LogP contribution in [0.2, 0.25) is 5.02 Å². The van der Waals surface area contributed by atoms with E-state index in [0.717, 1.165) is 37.7 Å². The third-order valence-corrected chi connectivity index (χ3v) is 8.04. The van der Waals surface area contributed by atoms with Gasteiger partial charge in [-0.2, -0.15) is 0 Å². The van der Waals surface area contributed by atoms with Gasteiger partial charge in [0.2, 0.25) is 5.91 Å². The predicted octanol–water partition coefficient (Wildman–Crippen LogP) is 5.54. The van der Waals surface area contributed by atoms with E-state index in [1.807, 2.05) is 47.4 Å². The lowest BCUT2D eigenvalue weighted by atomic mass is 9.73. The molecule has 0 radical (unpaired) electrons. The smallest absolute Gasteiger partial charge is 0.225 e. The summed E-state index contributed by atoms with van der Waals surface area (Å²) in [6, 6.07) is 14.9. The molecule has 1 saturated carbocycles. The van der Waals surface area contributed by atoms with Crippen molar-refractivity contribution in [2.24, 2.45) is 11.8 Å². The van der Waals surface area contributed by atoms with Gasteiger partial charge < -0.3 is 24.6 Å². The summed E-state index contributed by atoms with van der Waals surface area (Å²) in [6.07, 6.45) is 5.37. The largest absolute Gasteiger partial charge is 0.455 e. The van der Waals surface area contributed by atoms with E-state index >= 15 is 0 Å². The van der Waals surface area contributed by atoms with E-state index in [1.54, 1.807) is 13.2 Å². The molecule has 0 bridgehead atoms. The molecule has 0 spiro atoms. The minimum Gasteiger partial charge on any atom is -0.455 e. The Hall–Kier alpha value is -2.12. The van der Waals surface area contributed by atoms with Crippen molar-refractivity contribution in [3.63, 3.8) is 0 Å². The first kappa shape index (κ1) is 26.9. The molecule has 7 heteroatoms. The summed E-state index contributed by atoms with van der Waals surface area (Å²) in [5.41, 5.74) is -0.461. The van der Waals surface area contributed by atoms with Crippen molar-refractivity contribution in [1.82, 2.24) is 4.90 Å². The van der Waals surface area contributed by atoms with Gasteiger partial charge in [-0.25, -0.2) is 0 Å². The summed E-state index contributed by atoms with van der Waals surface area (Å²) in [5, 5.41) is 22.9. The Labute approximate surface area is 219 Å². The second-order valence-corrected chi connectivity index (χ2v) is 10.6. The minimum absolute atomic E-state index is 0.110. The van der Waals surface area contributed by atoms with Crippen molar-refractivity contribution in [2.75, 3.05) is 26.8 Å². The first-order valence-corrected chi connectivity index (χ1v) is 13.5. The summed E-state index contributed by atoms with van der Waals surface area (Å²) in [5.74, 6) is 0.957. The third-order valence-electron chi connectivity index (χ3n) is 7.73. The number of aliphatic hydroxyl groups is 2. The number of nitrogens with zero attached hydrogens (tertiary/aromatic N) is 1. The molecule has 1 heterocycles. The minimum atomic E-state index is -1.18. The van der Waals surface area contributed by atoms with Crippen LogP contribution in [0.3, 0.4) is 0 Å². The summed E-state index contributed by atoms with van der Waals surface area (Å²) in [4.78, 5) is 15.2. The fourth-order valence-corrected chi connectivity index (χ4v) is 5.94. The Bertz CT molecular complexity index is 1020. The zero-order valence-electron chi connectivity index (χ0n) is 21.1. The zero-order chi connectivity index (χ0) is 25.5. The highest BCUT2D eigenvalue weighted by Crippen LogP contribution is 2.45. The number of hydrogen-bond donors (Lipinski definition) is 2. The predicted molar refractivity (Wildman–Crippen MR) is 140 cm³/mol. The maximum atomic E-state index is 13.3. The van der Waals surface area contributed by atoms with E-state index in [0.29, 0.717) is 55.5 Å². The lowest BCUT2D eigenvalue weighted by molar-refractivity contribution is -0.141. The van der Waals surface area contributed by atoms with Crippen LogP contribution in [0.15, 0.2) is 48.5 Å². The van der Waals surface area contributed by atoms with Gasteiger partial charge in [0.05, 0.1) is 16.7 Å². The second kappa shape index (κ2) is 12.4. The Balaban J connectivity index is 1.61. The fraction of sp³-hybridized carbons (Fsp3) is 0.552. The molecule has 1 saturated heterocycles. The molecule has 1 aliphatic heterocycles. The van der Waals surface area contributed by atoms with Gasteiger partial charge in [-0.3, -0.25) is 4.79 Å². The number of benzene rings is 2. The third kappa shape index (κ3) is 6.23. The second-order valence-electron chi connectivity index (χ2n) is 10.2. The van der Waals surface area contributed by atoms with Crippen LogP contribution < -0.4 is 4.74 Å². The molecule has 0 aromatic heterocycles. The van der Waals surface area contributed by atoms with Crippen LogP contribution in [-0.4, -0.2) is 53.9 Å². The molecule has 6 nitrogen and oxygen atoms in total. The van der Waals surface area contributed by atoms with Crippen LogP contribution in [0.5, 0.6) is 11.5 Å². The molecule has 4 rings (SSSR count). The van der Waals surface area contributed by atoms with Crippen LogP contribution in [0.1, 0.15) is 56.9 Å². The van der Waals surface area contributed by atoms with Gasteiger partial charge >= 0.3 is 0 Å². The average Bonchev–Trinajstić information content (AvgIpc) is 3.34. The maximum Gasteiger partial charge on any atom is 0.225 e. The molecule has 2 aliphatic rings. The van der Waals surface area contributed by atoms with E-state index in [1.165, 1.54) is 0 Å². The quantitative estimate of drug-likeness (QED) is 0.406. The fourth-order valence-electron chi connectivity index (χ4n) is 5.77. The number of aliphatic hydroxyl groups excluding tert-OH is 1. The van der Waals surface area contributed by atoms with Gasteiger partial charge in [-0.05, 0) is 69.6 Å². The molecule has 0 unspecified atom stereocenters. The van der Waals surface area contributed by atoms with Crippen LogP contribution in [0.25, 0.3) is 0 Å². The van der Waals surface area contributed by atoms with Crippen molar-refractivity contribution in [3.05, 3.63) is 59.1 Å². The summed E-state index contributed by atoms with van der Waals surface area (Å²) >= 11 is 6.37. The number of rotatable bonds is 10. The lowest BCUT2D eigenvalue weighted by Gasteiger charge is -2.44. The normalized spacial score (nSPS) is 23.9. The van der Waals surface area contributed by atoms with Crippen molar-refractivity contribution in [1.29, 1.82) is 0 Å². The van der Waals surface area contributed by atoms with E-state index < -0.39 is 5.60 Å². The van der Waals surface area contributed by atoms with Gasteiger partial charge in [0.25, 0.3) is 0 Å². The summed E-state index contributed by atoms with van der Waals surface area (Å²) < 4.78 is 11.5. The SMILES string of the molecule is COCCCC[C@@](O)(c1ccccc1Oc1ccccc1Cl)[C@@H]1CCCN(C(=O)[C@H]2CC[C@@H](O)C2)C1. The molecule has 4 atom stereocenters. The summed E-state index contributed by atoms with van der Waals surface area (Å²) in [6.45, 7) is 1.82. The molecule has 2 aromatic carbocycles. The van der Waals surface area contributed by atoms with E-state index in [4.69, 9.17) is 21.1 Å². The maximum absolute atomic E-state index is 13.3. The highest BCUT2D eigenvalue weighted by molar-refractivity contribution is 6.32. The standard InChI is InChI=1S/C29H38ClNO5/c1-35-18-7-6-16-29(34,22-9-8-17-31(20-22)28(33)21-14-15-23(32)19-21)24-10-2-4-12-26(24)36-27-13-5-3-11-25(27)30/h2-5,10-13,21-23,32,34H,6-9,14-20H2,1H3/t21-,22+,23+,29-/m0/s1. The zero-order valence-corrected chi connectivity index (χ0v) is 21.8. The van der Waals surface area contributed by atoms with Crippen LogP contribution in [0.4, 0.5) is 0 Å². The highest BCUT2D eigenvalue weighted by Gasteiger charge is 2.44. The van der Waals surface area contributed by atoms with Gasteiger partial charge in [-0.1, -0.05) is 41.9 Å². The molecule has 1 aliphatic carbocycles. The molecule has 2 aromatic rings. The summed E-state index contributed by atoms with van der Waals surface area (Å²) in [7, 11) is 1.68. The Morgan fingerprint density at radius 3 is 2.56 bits per heavy atom. The van der Waals surface area contributed by atoms with Crippen molar-refractivity contribution < 1.29 is 24.5 Å². The highest BCUT2D eigenvalue weighted by atomic mass is 35.5. The van der Waals surface area contributed by atoms with E-state index in [9.17, 15) is 15.0 Å². The van der Waals surface area contributed by atoms with Crippen molar-refractivity contribution >= 4 is 17.5 Å². The number of carbonyl (C=O) groups excluding carboxylic acids is 1. The molecule has 2 fully saturated rings. The van der Waals surface area contributed by atoms with Crippen LogP contribution in [0, 0.1) is 11.8 Å². The molecule has 36 heavy (non-hydrogen) atoms. The molecule has 1 amide bonds. The Morgan fingerprint density at radius 2 is 1.83 bits per heavy atom. The number of likely N-dealkylation sites (tertiary alicyclic amines) is 1. The van der Waals surface area contributed by atoms with Crippen LogP contribution >= 0.6 is 11.6 Å². The number of carbonyl (C=O) groups is 1. The number of unbranched alkanes of at least 4 members (excludes halogenated alkanes) is 1. The number of piperidine rings is 1. The van der Waals surface area contributed by atoms with Gasteiger partial charge in [0.1, 0.15) is 11.5 Å². The van der Waals surface area contributed by atoms with Gasteiger partial charge in [0.15, 0.2) is 0 Å². The number of ether oxygens (including phenoxy) is 2. The molecular formula is C29H38ClNO5. The lowest BCUT2D eigenvalue weighted by Crippen LogP contribution is -2.49. The Kier molecular flexibility index (Phi) is 9.29. The monoisotopic (exact) mass is 515 g/mol. The molecule has 196 valence electrons. The molecule has 2 N–H and O–H groups in total.